The van der Waals surface area contributed by atoms with Crippen molar-refractivity contribution in [3.05, 3.63) is 114 Å². The van der Waals surface area contributed by atoms with E-state index in [0.717, 1.165) is 41.0 Å². The molecule has 2 atom stereocenters. The number of nitrogens with one attached hydrogen (secondary N) is 2. The van der Waals surface area contributed by atoms with Crippen LogP contribution in [-0.4, -0.2) is 51.3 Å². The van der Waals surface area contributed by atoms with E-state index in [2.05, 4.69) is 16.1 Å². The molecule has 5 rings (SSSR count). The first-order chi connectivity index (χ1) is 19.9. The number of rotatable bonds is 11. The number of carbonyl (C=O) groups excluding carboxylic acids is 1. The van der Waals surface area contributed by atoms with E-state index in [1.165, 1.54) is 12.1 Å². The maximum atomic E-state index is 12.6. The predicted molar refractivity (Wildman–Crippen MR) is 157 cm³/mol. The van der Waals surface area contributed by atoms with E-state index in [1.807, 2.05) is 42.5 Å². The first-order valence-corrected chi connectivity index (χ1v) is 14.9. The van der Waals surface area contributed by atoms with Crippen LogP contribution in [0.15, 0.2) is 108 Å². The van der Waals surface area contributed by atoms with E-state index in [0.29, 0.717) is 13.1 Å². The number of ether oxygens (including phenoxy) is 2. The van der Waals surface area contributed by atoms with Crippen molar-refractivity contribution in [1.29, 1.82) is 0 Å². The molecule has 0 spiro atoms. The van der Waals surface area contributed by atoms with E-state index >= 15 is 0 Å². The minimum atomic E-state index is -3.94. The van der Waals surface area contributed by atoms with Gasteiger partial charge in [0.1, 0.15) is 30.3 Å². The highest BCUT2D eigenvalue weighted by molar-refractivity contribution is 7.90. The molecule has 0 saturated carbocycles. The van der Waals surface area contributed by atoms with Crippen molar-refractivity contribution in [3.8, 4) is 22.6 Å². The third-order valence-corrected chi connectivity index (χ3v) is 8.14. The fourth-order valence-corrected chi connectivity index (χ4v) is 5.60. The highest BCUT2D eigenvalue weighted by Gasteiger charge is 2.21. The first-order valence-electron chi connectivity index (χ1n) is 13.5. The Hall–Kier alpha value is -4.18. The van der Waals surface area contributed by atoms with Gasteiger partial charge in [-0.25, -0.2) is 13.1 Å². The maximum Gasteiger partial charge on any atom is 0.264 e. The Morgan fingerprint density at radius 3 is 2.34 bits per heavy atom. The van der Waals surface area contributed by atoms with Crippen molar-refractivity contribution in [1.82, 2.24) is 10.0 Å². The average Bonchev–Trinajstić information content (AvgIpc) is 3.00. The average molecular weight is 573 g/mol. The predicted octanol–water partition coefficient (Wildman–Crippen LogP) is 4.20. The third-order valence-electron chi connectivity index (χ3n) is 6.79. The van der Waals surface area contributed by atoms with Gasteiger partial charge in [-0.15, -0.1) is 0 Å². The fourth-order valence-electron chi connectivity index (χ4n) is 4.60. The van der Waals surface area contributed by atoms with Crippen molar-refractivity contribution in [2.75, 3.05) is 19.7 Å². The van der Waals surface area contributed by atoms with E-state index in [9.17, 15) is 18.3 Å². The minimum absolute atomic E-state index is 0.000512. The van der Waals surface area contributed by atoms with Gasteiger partial charge in [0, 0.05) is 18.7 Å². The number of carbonyl (C=O) groups is 1. The molecule has 0 saturated heterocycles. The first kappa shape index (κ1) is 28.4. The van der Waals surface area contributed by atoms with Gasteiger partial charge in [-0.2, -0.15) is 0 Å². The fraction of sp³-hybridized carbons (Fsp3) is 0.219. The number of para-hydroxylation sites is 1. The zero-order valence-electron chi connectivity index (χ0n) is 22.4. The summed E-state index contributed by atoms with van der Waals surface area (Å²) in [6, 6.07) is 30.0. The molecule has 0 fully saturated rings. The van der Waals surface area contributed by atoms with Gasteiger partial charge in [0.05, 0.1) is 4.90 Å². The molecule has 1 aliphatic rings. The Morgan fingerprint density at radius 2 is 1.61 bits per heavy atom. The molecule has 212 valence electrons. The zero-order chi connectivity index (χ0) is 28.7. The molecule has 0 aromatic heterocycles. The Bertz CT molecular complexity index is 1560. The van der Waals surface area contributed by atoms with Gasteiger partial charge in [-0.1, -0.05) is 54.6 Å². The topological polar surface area (TPSA) is 114 Å². The van der Waals surface area contributed by atoms with Gasteiger partial charge in [0.15, 0.2) is 0 Å². The quantitative estimate of drug-likeness (QED) is 0.247. The maximum absolute atomic E-state index is 12.6. The molecule has 1 amide bonds. The summed E-state index contributed by atoms with van der Waals surface area (Å²) in [5.41, 5.74) is 3.24. The van der Waals surface area contributed by atoms with Crippen LogP contribution in [-0.2, 0) is 16.4 Å². The molecule has 4 aromatic rings. The van der Waals surface area contributed by atoms with Crippen LogP contribution in [0.5, 0.6) is 11.5 Å². The lowest BCUT2D eigenvalue weighted by molar-refractivity contribution is 0.0980. The Balaban J connectivity index is 1.12. The molecule has 1 heterocycles. The lowest BCUT2D eigenvalue weighted by Gasteiger charge is -2.27. The largest absolute Gasteiger partial charge is 0.491 e. The molecule has 4 aromatic carbocycles. The van der Waals surface area contributed by atoms with E-state index < -0.39 is 22.0 Å². The van der Waals surface area contributed by atoms with Gasteiger partial charge in [-0.05, 0) is 78.1 Å². The third kappa shape index (κ3) is 7.52. The molecule has 0 bridgehead atoms. The highest BCUT2D eigenvalue weighted by atomic mass is 32.2. The van der Waals surface area contributed by atoms with Gasteiger partial charge < -0.3 is 19.9 Å². The molecule has 1 unspecified atom stereocenters. The van der Waals surface area contributed by atoms with Crippen LogP contribution in [0.25, 0.3) is 11.1 Å². The van der Waals surface area contributed by atoms with Crippen LogP contribution >= 0.6 is 0 Å². The van der Waals surface area contributed by atoms with Crippen molar-refractivity contribution in [2.24, 2.45) is 0 Å². The van der Waals surface area contributed by atoms with Crippen LogP contribution in [0.1, 0.15) is 22.3 Å². The molecular weight excluding hydrogens is 540 g/mol. The molecule has 1 aliphatic heterocycles. The highest BCUT2D eigenvalue weighted by Crippen LogP contribution is 2.32. The summed E-state index contributed by atoms with van der Waals surface area (Å²) < 4.78 is 38.8. The Kier molecular flexibility index (Phi) is 8.98. The van der Waals surface area contributed by atoms with Crippen molar-refractivity contribution >= 4 is 15.9 Å². The molecule has 8 nitrogen and oxygen atoms in total. The number of fused-ring (bicyclic) bond motifs is 1. The second-order valence-corrected chi connectivity index (χ2v) is 11.5. The summed E-state index contributed by atoms with van der Waals surface area (Å²) in [5, 5.41) is 13.5. The number of hydrogen-bond acceptors (Lipinski definition) is 7. The lowest BCUT2D eigenvalue weighted by Crippen LogP contribution is -2.39. The van der Waals surface area contributed by atoms with E-state index in [1.54, 1.807) is 42.5 Å². The normalized spacial score (nSPS) is 15.3. The summed E-state index contributed by atoms with van der Waals surface area (Å²) in [4.78, 5) is 12.6. The molecule has 41 heavy (non-hydrogen) atoms. The monoisotopic (exact) mass is 572 g/mol. The smallest absolute Gasteiger partial charge is 0.264 e. The Morgan fingerprint density at radius 1 is 0.927 bits per heavy atom. The van der Waals surface area contributed by atoms with Crippen molar-refractivity contribution in [3.63, 3.8) is 0 Å². The SMILES string of the molecule is O=C(NS(=O)(=O)c1ccccc1)c1ccc(-c2ccc3c(c2)CC[C@H](CNCC(O)COc2ccccc2)O3)cc1. The molecular formula is C32H32N2O6S. The number of benzene rings is 4. The standard InChI is InChI=1S/C32H32N2O6S/c35-27(22-39-28-7-3-1-4-8-28)20-33-21-29-17-15-26-19-25(16-18-31(26)40-29)23-11-13-24(14-12-23)32(36)34-41(37,38)30-9-5-2-6-10-30/h1-14,16,18-19,27,29,33,35H,15,17,20-22H2,(H,34,36)/t27?,29-/m1/s1. The van der Waals surface area contributed by atoms with Gasteiger partial charge in [0.2, 0.25) is 0 Å². The van der Waals surface area contributed by atoms with Crippen molar-refractivity contribution < 1.29 is 27.8 Å². The number of hydrogen-bond donors (Lipinski definition) is 3. The summed E-state index contributed by atoms with van der Waals surface area (Å²) in [6.07, 6.45) is 1.07. The summed E-state index contributed by atoms with van der Waals surface area (Å²) >= 11 is 0. The summed E-state index contributed by atoms with van der Waals surface area (Å²) in [6.45, 7) is 1.24. The number of aliphatic hydroxyl groups is 1. The number of aryl methyl sites for hydroxylation is 1. The Labute approximate surface area is 240 Å². The van der Waals surface area contributed by atoms with Gasteiger partial charge >= 0.3 is 0 Å². The summed E-state index contributed by atoms with van der Waals surface area (Å²) in [5.74, 6) is 0.880. The minimum Gasteiger partial charge on any atom is -0.491 e. The van der Waals surface area contributed by atoms with Crippen LogP contribution in [0, 0.1) is 0 Å². The van der Waals surface area contributed by atoms with Crippen LogP contribution in [0.3, 0.4) is 0 Å². The second kappa shape index (κ2) is 13.0. The number of sulfonamides is 1. The number of amides is 1. The van der Waals surface area contributed by atoms with Gasteiger partial charge in [0.25, 0.3) is 15.9 Å². The van der Waals surface area contributed by atoms with Crippen LogP contribution < -0.4 is 19.5 Å². The molecule has 3 N–H and O–H groups in total. The lowest BCUT2D eigenvalue weighted by atomic mass is 9.96. The number of aliphatic hydroxyl groups excluding tert-OH is 1. The zero-order valence-corrected chi connectivity index (χ0v) is 23.2. The van der Waals surface area contributed by atoms with E-state index in [4.69, 9.17) is 9.47 Å². The molecule has 0 aliphatic carbocycles. The molecule has 0 radical (unpaired) electrons. The van der Waals surface area contributed by atoms with E-state index in [-0.39, 0.29) is 23.2 Å². The molecule has 9 heteroatoms. The van der Waals surface area contributed by atoms with Crippen LogP contribution in [0.4, 0.5) is 0 Å². The van der Waals surface area contributed by atoms with Crippen molar-refractivity contribution in [2.45, 2.75) is 29.9 Å². The summed E-state index contributed by atoms with van der Waals surface area (Å²) in [7, 11) is -3.94. The second-order valence-electron chi connectivity index (χ2n) is 9.86. The van der Waals surface area contributed by atoms with Crippen LogP contribution in [0.2, 0.25) is 0 Å². The van der Waals surface area contributed by atoms with Gasteiger partial charge in [-0.3, -0.25) is 4.79 Å².